The molecule has 0 aromatic carbocycles. The van der Waals surface area contributed by atoms with Gasteiger partial charge in [0.05, 0.1) is 12.7 Å². The van der Waals surface area contributed by atoms with Crippen molar-refractivity contribution in [2.75, 3.05) is 6.61 Å². The van der Waals surface area contributed by atoms with Gasteiger partial charge in [-0.25, -0.2) is 0 Å². The van der Waals surface area contributed by atoms with E-state index in [9.17, 15) is 0 Å². The van der Waals surface area contributed by atoms with Gasteiger partial charge in [-0.3, -0.25) is 0 Å². The van der Waals surface area contributed by atoms with E-state index in [0.717, 1.165) is 24.4 Å². The van der Waals surface area contributed by atoms with Crippen LogP contribution in [0.5, 0.6) is 0 Å². The first-order valence-electron chi connectivity index (χ1n) is 5.61. The SMILES string of the molecule is CCC[C@H]1[C@H]2C=CC23[C@H](C)OC[C@H]13. The summed E-state index contributed by atoms with van der Waals surface area (Å²) in [7, 11) is 0. The van der Waals surface area contributed by atoms with Crippen LogP contribution >= 0.6 is 0 Å². The number of hydrogen-bond acceptors (Lipinski definition) is 1. The first-order chi connectivity index (χ1) is 6.30. The van der Waals surface area contributed by atoms with Crippen LogP contribution in [0.15, 0.2) is 12.2 Å². The molecule has 1 saturated carbocycles. The molecule has 0 amide bonds. The minimum atomic E-state index is 0.487. The Hall–Kier alpha value is -0.300. The minimum Gasteiger partial charge on any atom is -0.377 e. The summed E-state index contributed by atoms with van der Waals surface area (Å²) in [6, 6.07) is 0. The Morgan fingerprint density at radius 3 is 3.00 bits per heavy atom. The Kier molecular flexibility index (Phi) is 1.48. The van der Waals surface area contributed by atoms with Crippen LogP contribution in [-0.2, 0) is 4.74 Å². The van der Waals surface area contributed by atoms with Crippen LogP contribution in [0.25, 0.3) is 0 Å². The standard InChI is InChI=1S/C12H18O/c1-3-4-9-10-5-6-12(10)8(2)13-7-11(9)12/h5-6,8-11H,3-4,7H2,1-2H3/t8-,9-,10+,11+,12?/m0/s1. The Bertz CT molecular complexity index is 258. The highest BCUT2D eigenvalue weighted by molar-refractivity contribution is 5.33. The monoisotopic (exact) mass is 178 g/mol. The van der Waals surface area contributed by atoms with E-state index in [1.807, 2.05) is 0 Å². The largest absolute Gasteiger partial charge is 0.377 e. The molecule has 1 nitrogen and oxygen atoms in total. The third kappa shape index (κ3) is 0.698. The van der Waals surface area contributed by atoms with Crippen molar-refractivity contribution in [3.05, 3.63) is 12.2 Å². The van der Waals surface area contributed by atoms with Gasteiger partial charge in [0.25, 0.3) is 0 Å². The van der Waals surface area contributed by atoms with E-state index in [2.05, 4.69) is 26.0 Å². The summed E-state index contributed by atoms with van der Waals surface area (Å²) in [6.07, 6.45) is 8.06. The second-order valence-electron chi connectivity index (χ2n) is 4.92. The van der Waals surface area contributed by atoms with Crippen molar-refractivity contribution in [3.63, 3.8) is 0 Å². The fourth-order valence-electron chi connectivity index (χ4n) is 3.90. The molecule has 1 unspecified atom stereocenters. The van der Waals surface area contributed by atoms with Crippen LogP contribution in [0.4, 0.5) is 0 Å². The molecule has 72 valence electrons. The van der Waals surface area contributed by atoms with Crippen molar-refractivity contribution in [1.29, 1.82) is 0 Å². The highest BCUT2D eigenvalue weighted by Crippen LogP contribution is 2.69. The maximum Gasteiger partial charge on any atom is 0.0647 e. The molecule has 0 aromatic heterocycles. The maximum atomic E-state index is 5.79. The Balaban J connectivity index is 1.84. The van der Waals surface area contributed by atoms with E-state index in [-0.39, 0.29) is 0 Å². The van der Waals surface area contributed by atoms with Crippen LogP contribution in [0.3, 0.4) is 0 Å². The molecule has 0 aromatic rings. The topological polar surface area (TPSA) is 9.23 Å². The second-order valence-corrected chi connectivity index (χ2v) is 4.92. The third-order valence-corrected chi connectivity index (χ3v) is 4.64. The van der Waals surface area contributed by atoms with Gasteiger partial charge in [0.1, 0.15) is 0 Å². The predicted octanol–water partition coefficient (Wildman–Crippen LogP) is 2.62. The zero-order valence-corrected chi connectivity index (χ0v) is 8.49. The molecule has 1 saturated heterocycles. The van der Waals surface area contributed by atoms with Gasteiger partial charge < -0.3 is 4.74 Å². The van der Waals surface area contributed by atoms with Crippen molar-refractivity contribution in [1.82, 2.24) is 0 Å². The van der Waals surface area contributed by atoms with Crippen molar-refractivity contribution >= 4 is 0 Å². The van der Waals surface area contributed by atoms with E-state index in [1.165, 1.54) is 12.8 Å². The highest BCUT2D eigenvalue weighted by Gasteiger charge is 2.68. The molecule has 1 aliphatic heterocycles. The van der Waals surface area contributed by atoms with E-state index in [4.69, 9.17) is 4.74 Å². The molecule has 1 heteroatoms. The molecular weight excluding hydrogens is 160 g/mol. The Morgan fingerprint density at radius 2 is 2.38 bits per heavy atom. The lowest BCUT2D eigenvalue weighted by atomic mass is 9.40. The predicted molar refractivity (Wildman–Crippen MR) is 52.4 cm³/mol. The lowest BCUT2D eigenvalue weighted by Crippen LogP contribution is -2.61. The lowest BCUT2D eigenvalue weighted by molar-refractivity contribution is -0.0715. The Labute approximate surface area is 80.2 Å². The van der Waals surface area contributed by atoms with Crippen molar-refractivity contribution in [2.24, 2.45) is 23.2 Å². The van der Waals surface area contributed by atoms with Crippen LogP contribution in [0.2, 0.25) is 0 Å². The average molecular weight is 178 g/mol. The molecule has 1 heterocycles. The maximum absolute atomic E-state index is 5.79. The van der Waals surface area contributed by atoms with Crippen molar-refractivity contribution in [2.45, 2.75) is 32.8 Å². The molecule has 0 radical (unpaired) electrons. The van der Waals surface area contributed by atoms with Gasteiger partial charge in [0, 0.05) is 5.41 Å². The van der Waals surface area contributed by atoms with Crippen molar-refractivity contribution in [3.8, 4) is 0 Å². The normalized spacial score (nSPS) is 56.5. The molecule has 0 bridgehead atoms. The van der Waals surface area contributed by atoms with E-state index < -0.39 is 0 Å². The zero-order valence-electron chi connectivity index (χ0n) is 8.49. The number of hydrogen-bond donors (Lipinski definition) is 0. The number of allylic oxidation sites excluding steroid dienone is 1. The number of rotatable bonds is 2. The summed E-state index contributed by atoms with van der Waals surface area (Å²) in [5, 5.41) is 0. The fraction of sp³-hybridized carbons (Fsp3) is 0.833. The van der Waals surface area contributed by atoms with Gasteiger partial charge in [0.2, 0.25) is 0 Å². The zero-order chi connectivity index (χ0) is 9.05. The molecule has 0 N–H and O–H groups in total. The number of ether oxygens (including phenoxy) is 1. The summed E-state index contributed by atoms with van der Waals surface area (Å²) in [5.41, 5.74) is 0.500. The molecule has 3 rings (SSSR count). The van der Waals surface area contributed by atoms with E-state index in [0.29, 0.717) is 11.5 Å². The lowest BCUT2D eigenvalue weighted by Gasteiger charge is -2.62. The van der Waals surface area contributed by atoms with Gasteiger partial charge in [-0.15, -0.1) is 0 Å². The van der Waals surface area contributed by atoms with Gasteiger partial charge >= 0.3 is 0 Å². The Morgan fingerprint density at radius 1 is 1.54 bits per heavy atom. The summed E-state index contributed by atoms with van der Waals surface area (Å²) in [5.74, 6) is 2.67. The first-order valence-corrected chi connectivity index (χ1v) is 5.61. The molecule has 13 heavy (non-hydrogen) atoms. The molecule has 1 spiro atoms. The van der Waals surface area contributed by atoms with E-state index in [1.54, 1.807) is 0 Å². The van der Waals surface area contributed by atoms with Crippen LogP contribution in [0, 0.1) is 23.2 Å². The van der Waals surface area contributed by atoms with Gasteiger partial charge in [-0.1, -0.05) is 25.5 Å². The summed E-state index contributed by atoms with van der Waals surface area (Å²) < 4.78 is 5.79. The summed E-state index contributed by atoms with van der Waals surface area (Å²) in [4.78, 5) is 0. The van der Waals surface area contributed by atoms with Crippen molar-refractivity contribution < 1.29 is 4.74 Å². The highest BCUT2D eigenvalue weighted by atomic mass is 16.5. The third-order valence-electron chi connectivity index (χ3n) is 4.64. The smallest absolute Gasteiger partial charge is 0.0647 e. The van der Waals surface area contributed by atoms with Gasteiger partial charge in [-0.2, -0.15) is 0 Å². The van der Waals surface area contributed by atoms with Crippen LogP contribution in [-0.4, -0.2) is 12.7 Å². The average Bonchev–Trinajstić information content (AvgIpc) is 2.40. The minimum absolute atomic E-state index is 0.487. The molecular formula is C12H18O. The fourth-order valence-corrected chi connectivity index (χ4v) is 3.90. The first kappa shape index (κ1) is 8.05. The van der Waals surface area contributed by atoms with Gasteiger partial charge in [-0.05, 0) is 31.1 Å². The van der Waals surface area contributed by atoms with Crippen LogP contribution in [0.1, 0.15) is 26.7 Å². The molecule has 2 fully saturated rings. The van der Waals surface area contributed by atoms with Gasteiger partial charge in [0.15, 0.2) is 0 Å². The molecule has 3 aliphatic rings. The quantitative estimate of drug-likeness (QED) is 0.591. The van der Waals surface area contributed by atoms with Crippen LogP contribution < -0.4 is 0 Å². The molecule has 5 atom stereocenters. The van der Waals surface area contributed by atoms with E-state index >= 15 is 0 Å². The summed E-state index contributed by atoms with van der Waals surface area (Å²) in [6.45, 7) is 5.56. The molecule has 2 aliphatic carbocycles. The second kappa shape index (κ2) is 2.38. The summed E-state index contributed by atoms with van der Waals surface area (Å²) >= 11 is 0.